The molecule has 1 unspecified atom stereocenters. The van der Waals surface area contributed by atoms with E-state index in [0.29, 0.717) is 13.1 Å². The van der Waals surface area contributed by atoms with Gasteiger partial charge >= 0.3 is 0 Å². The highest BCUT2D eigenvalue weighted by atomic mass is 35.5. The van der Waals surface area contributed by atoms with Crippen molar-refractivity contribution < 1.29 is 14.3 Å². The van der Waals surface area contributed by atoms with Crippen LogP contribution >= 0.6 is 12.4 Å². The van der Waals surface area contributed by atoms with E-state index in [4.69, 9.17) is 10.5 Å². The molecule has 2 aliphatic rings. The van der Waals surface area contributed by atoms with Crippen molar-refractivity contribution in [2.75, 3.05) is 26.7 Å². The van der Waals surface area contributed by atoms with Crippen LogP contribution in [0.5, 0.6) is 0 Å². The van der Waals surface area contributed by atoms with Crippen LogP contribution in [0.15, 0.2) is 0 Å². The normalized spacial score (nSPS) is 29.7. The maximum atomic E-state index is 12.3. The zero-order valence-electron chi connectivity index (χ0n) is 11.8. The third kappa shape index (κ3) is 3.84. The molecular weight excluding hydrogens is 282 g/mol. The molecular formula is C13H24ClN3O3. The average Bonchev–Trinajstić information content (AvgIpc) is 2.94. The molecule has 0 aromatic carbocycles. The van der Waals surface area contributed by atoms with Gasteiger partial charge in [0.15, 0.2) is 0 Å². The summed E-state index contributed by atoms with van der Waals surface area (Å²) in [5, 5.41) is 2.66. The quantitative estimate of drug-likeness (QED) is 0.762. The van der Waals surface area contributed by atoms with E-state index in [0.717, 1.165) is 32.2 Å². The minimum absolute atomic E-state index is 0. The first-order chi connectivity index (χ1) is 9.15. The maximum Gasteiger partial charge on any atom is 0.251 e. The highest BCUT2D eigenvalue weighted by molar-refractivity contribution is 5.85. The molecule has 2 saturated heterocycles. The van der Waals surface area contributed by atoms with Gasteiger partial charge in [-0.05, 0) is 25.7 Å². The fourth-order valence-corrected chi connectivity index (χ4v) is 2.86. The van der Waals surface area contributed by atoms with E-state index in [1.807, 2.05) is 0 Å². The molecule has 3 N–H and O–H groups in total. The summed E-state index contributed by atoms with van der Waals surface area (Å²) in [4.78, 5) is 25.8. The highest BCUT2D eigenvalue weighted by Crippen LogP contribution is 2.24. The van der Waals surface area contributed by atoms with Crippen molar-refractivity contribution >= 4 is 24.2 Å². The van der Waals surface area contributed by atoms with Crippen LogP contribution in [0.4, 0.5) is 0 Å². The van der Waals surface area contributed by atoms with Crippen LogP contribution in [0.1, 0.15) is 25.7 Å². The predicted octanol–water partition coefficient (Wildman–Crippen LogP) is -0.101. The van der Waals surface area contributed by atoms with Gasteiger partial charge in [-0.1, -0.05) is 0 Å². The average molecular weight is 306 g/mol. The number of hydrogen-bond donors (Lipinski definition) is 2. The standard InChI is InChI=1S/C13H23N3O3.ClH/c1-15-12(17)9-3-2-6-16(8-9)13(18)11-5-4-10(7-14)19-11;/h9-11H,2-8,14H2,1H3,(H,15,17);1H/t9?,10-,11+;/m1./s1. The molecule has 20 heavy (non-hydrogen) atoms. The first-order valence-corrected chi connectivity index (χ1v) is 7.01. The van der Waals surface area contributed by atoms with Crippen LogP contribution in [0.2, 0.25) is 0 Å². The number of piperidine rings is 1. The van der Waals surface area contributed by atoms with Crippen molar-refractivity contribution in [2.45, 2.75) is 37.9 Å². The van der Waals surface area contributed by atoms with Gasteiger partial charge in [-0.25, -0.2) is 0 Å². The maximum absolute atomic E-state index is 12.3. The molecule has 2 rings (SSSR count). The van der Waals surface area contributed by atoms with Crippen LogP contribution in [0.3, 0.4) is 0 Å². The van der Waals surface area contributed by atoms with Gasteiger partial charge in [0.25, 0.3) is 5.91 Å². The number of halogens is 1. The van der Waals surface area contributed by atoms with Gasteiger partial charge in [0, 0.05) is 26.7 Å². The Kier molecular flexibility index (Phi) is 6.71. The number of nitrogens with two attached hydrogens (primary N) is 1. The minimum atomic E-state index is -0.364. The number of nitrogens with one attached hydrogen (secondary N) is 1. The molecule has 3 atom stereocenters. The third-order valence-electron chi connectivity index (χ3n) is 4.00. The van der Waals surface area contributed by atoms with Crippen molar-refractivity contribution in [1.29, 1.82) is 0 Å². The van der Waals surface area contributed by atoms with Gasteiger partial charge in [0.05, 0.1) is 12.0 Å². The second kappa shape index (κ2) is 7.81. The second-order valence-corrected chi connectivity index (χ2v) is 5.30. The fourth-order valence-electron chi connectivity index (χ4n) is 2.86. The van der Waals surface area contributed by atoms with E-state index >= 15 is 0 Å². The number of amides is 2. The molecule has 0 aromatic rings. The fraction of sp³-hybridized carbons (Fsp3) is 0.846. The second-order valence-electron chi connectivity index (χ2n) is 5.30. The van der Waals surface area contributed by atoms with Crippen molar-refractivity contribution in [3.63, 3.8) is 0 Å². The summed E-state index contributed by atoms with van der Waals surface area (Å²) >= 11 is 0. The molecule has 116 valence electrons. The summed E-state index contributed by atoms with van der Waals surface area (Å²) in [6.45, 7) is 1.69. The number of rotatable bonds is 3. The Morgan fingerprint density at radius 3 is 2.70 bits per heavy atom. The molecule has 2 heterocycles. The lowest BCUT2D eigenvalue weighted by Crippen LogP contribution is -2.48. The number of nitrogens with zero attached hydrogens (tertiary/aromatic N) is 1. The Morgan fingerprint density at radius 2 is 2.10 bits per heavy atom. The van der Waals surface area contributed by atoms with Gasteiger partial charge < -0.3 is 20.7 Å². The Morgan fingerprint density at radius 1 is 1.35 bits per heavy atom. The molecule has 0 saturated carbocycles. The Bertz CT molecular complexity index is 354. The molecule has 2 aliphatic heterocycles. The lowest BCUT2D eigenvalue weighted by atomic mass is 9.96. The molecule has 0 spiro atoms. The number of carbonyl (C=O) groups excluding carboxylic acids is 2. The molecule has 0 radical (unpaired) electrons. The van der Waals surface area contributed by atoms with Gasteiger partial charge in [0.1, 0.15) is 6.10 Å². The molecule has 0 bridgehead atoms. The summed E-state index contributed by atoms with van der Waals surface area (Å²) in [7, 11) is 1.63. The predicted molar refractivity (Wildman–Crippen MR) is 77.6 cm³/mol. The van der Waals surface area contributed by atoms with Crippen LogP contribution in [0.25, 0.3) is 0 Å². The number of ether oxygens (including phenoxy) is 1. The van der Waals surface area contributed by atoms with E-state index in [1.54, 1.807) is 11.9 Å². The first-order valence-electron chi connectivity index (χ1n) is 7.01. The lowest BCUT2D eigenvalue weighted by molar-refractivity contribution is -0.145. The van der Waals surface area contributed by atoms with Gasteiger partial charge in [-0.15, -0.1) is 12.4 Å². The van der Waals surface area contributed by atoms with Crippen molar-refractivity contribution in [1.82, 2.24) is 10.2 Å². The molecule has 2 fully saturated rings. The van der Waals surface area contributed by atoms with E-state index in [2.05, 4.69) is 5.32 Å². The number of hydrogen-bond acceptors (Lipinski definition) is 4. The molecule has 0 aliphatic carbocycles. The van der Waals surface area contributed by atoms with Gasteiger partial charge in [-0.3, -0.25) is 9.59 Å². The molecule has 2 amide bonds. The Balaban J connectivity index is 0.00000200. The Labute approximate surface area is 125 Å². The van der Waals surface area contributed by atoms with Gasteiger partial charge in [-0.2, -0.15) is 0 Å². The zero-order valence-corrected chi connectivity index (χ0v) is 12.7. The first kappa shape index (κ1) is 17.2. The van der Waals surface area contributed by atoms with Crippen molar-refractivity contribution in [2.24, 2.45) is 11.7 Å². The van der Waals surface area contributed by atoms with E-state index in [-0.39, 0.29) is 42.3 Å². The molecule has 6 nitrogen and oxygen atoms in total. The topological polar surface area (TPSA) is 84.7 Å². The summed E-state index contributed by atoms with van der Waals surface area (Å²) in [5.74, 6) is -0.0522. The lowest BCUT2D eigenvalue weighted by Gasteiger charge is -2.33. The summed E-state index contributed by atoms with van der Waals surface area (Å²) in [6, 6.07) is 0. The SMILES string of the molecule is CNC(=O)C1CCCN(C(=O)[C@@H]2CC[C@H](CN)O2)C1.Cl. The van der Waals surface area contributed by atoms with E-state index < -0.39 is 0 Å². The van der Waals surface area contributed by atoms with Crippen LogP contribution in [0, 0.1) is 5.92 Å². The van der Waals surface area contributed by atoms with E-state index in [9.17, 15) is 9.59 Å². The smallest absolute Gasteiger partial charge is 0.251 e. The minimum Gasteiger partial charge on any atom is -0.364 e. The summed E-state index contributed by atoms with van der Waals surface area (Å²) in [5.41, 5.74) is 5.55. The van der Waals surface area contributed by atoms with Crippen LogP contribution in [-0.4, -0.2) is 55.6 Å². The molecule has 0 aromatic heterocycles. The van der Waals surface area contributed by atoms with Crippen molar-refractivity contribution in [3.05, 3.63) is 0 Å². The van der Waals surface area contributed by atoms with Crippen LogP contribution in [-0.2, 0) is 14.3 Å². The van der Waals surface area contributed by atoms with Gasteiger partial charge in [0.2, 0.25) is 5.91 Å². The number of carbonyl (C=O) groups is 2. The van der Waals surface area contributed by atoms with Crippen molar-refractivity contribution in [3.8, 4) is 0 Å². The molecule has 7 heteroatoms. The zero-order chi connectivity index (χ0) is 13.8. The largest absolute Gasteiger partial charge is 0.364 e. The highest BCUT2D eigenvalue weighted by Gasteiger charge is 2.35. The van der Waals surface area contributed by atoms with Crippen LogP contribution < -0.4 is 11.1 Å². The summed E-state index contributed by atoms with van der Waals surface area (Å²) < 4.78 is 5.63. The Hall–Kier alpha value is -0.850. The number of likely N-dealkylation sites (tertiary alicyclic amines) is 1. The third-order valence-corrected chi connectivity index (χ3v) is 4.00. The monoisotopic (exact) mass is 305 g/mol. The van der Waals surface area contributed by atoms with E-state index in [1.165, 1.54) is 0 Å². The summed E-state index contributed by atoms with van der Waals surface area (Å²) in [6.07, 6.45) is 2.95.